The van der Waals surface area contributed by atoms with Crippen molar-refractivity contribution in [3.8, 4) is 0 Å². The molecule has 0 atom stereocenters. The van der Waals surface area contributed by atoms with Crippen LogP contribution in [0.4, 0.5) is 0 Å². The highest BCUT2D eigenvalue weighted by Crippen LogP contribution is 2.05. The molecule has 0 radical (unpaired) electrons. The van der Waals surface area contributed by atoms with Crippen LogP contribution in [-0.2, 0) is 70.4 Å². The van der Waals surface area contributed by atoms with E-state index in [-0.39, 0.29) is 49.5 Å². The Balaban J connectivity index is 0. The van der Waals surface area contributed by atoms with E-state index >= 15 is 0 Å². The van der Waals surface area contributed by atoms with Gasteiger partial charge in [-0.15, -0.1) is 0 Å². The lowest BCUT2D eigenvalue weighted by molar-refractivity contribution is -0.148. The van der Waals surface area contributed by atoms with Gasteiger partial charge in [0, 0.05) is 13.8 Å². The molecule has 2 rings (SSSR count). The van der Waals surface area contributed by atoms with Gasteiger partial charge in [0.15, 0.2) is 0 Å². The summed E-state index contributed by atoms with van der Waals surface area (Å²) in [5.41, 5.74) is 1.31. The third kappa shape index (κ3) is 23.2. The largest absolute Gasteiger partial charge is 0.466 e. The molecule has 0 heterocycles. The molecule has 0 amide bonds. The van der Waals surface area contributed by atoms with Crippen molar-refractivity contribution in [3.05, 3.63) is 96.1 Å². The van der Waals surface area contributed by atoms with E-state index in [1.54, 1.807) is 27.7 Å². The smallest absolute Gasteiger partial charge is 0.345 e. The molecule has 0 saturated carbocycles. The van der Waals surface area contributed by atoms with Crippen molar-refractivity contribution in [2.24, 2.45) is 0 Å². The Hall–Kier alpha value is -5.26. The van der Waals surface area contributed by atoms with E-state index in [9.17, 15) is 28.8 Å². The quantitative estimate of drug-likeness (QED) is 0.102. The minimum Gasteiger partial charge on any atom is -0.466 e. The highest BCUT2D eigenvalue weighted by molar-refractivity contribution is 6.13. The number of carbonyl (C=O) groups is 6. The molecule has 0 unspecified atom stereocenters. The Morgan fingerprint density at radius 2 is 0.739 bits per heavy atom. The first-order chi connectivity index (χ1) is 21.8. The van der Waals surface area contributed by atoms with E-state index < -0.39 is 23.9 Å². The van der Waals surface area contributed by atoms with Gasteiger partial charge in [-0.05, 0) is 38.8 Å². The summed E-state index contributed by atoms with van der Waals surface area (Å²) >= 11 is 0. The van der Waals surface area contributed by atoms with Crippen molar-refractivity contribution in [2.75, 3.05) is 26.4 Å². The number of carbonyl (C=O) groups excluding carboxylic acids is 6. The fourth-order valence-electron chi connectivity index (χ4n) is 2.59. The fraction of sp³-hybridized carbons (Fsp3) is 0.353. The van der Waals surface area contributed by atoms with E-state index in [2.05, 4.69) is 32.1 Å². The minimum absolute atomic E-state index is 0.109. The molecule has 0 N–H and O–H groups in total. The van der Waals surface area contributed by atoms with Gasteiger partial charge >= 0.3 is 35.8 Å². The zero-order valence-electron chi connectivity index (χ0n) is 27.3. The first-order valence-corrected chi connectivity index (χ1v) is 14.2. The van der Waals surface area contributed by atoms with Crippen molar-refractivity contribution in [1.29, 1.82) is 0 Å². The van der Waals surface area contributed by atoms with Gasteiger partial charge < -0.3 is 28.4 Å². The predicted octanol–water partition coefficient (Wildman–Crippen LogP) is 4.84. The summed E-state index contributed by atoms with van der Waals surface area (Å²) in [6, 6.07) is 18.8. The summed E-state index contributed by atoms with van der Waals surface area (Å²) < 4.78 is 27.8. The van der Waals surface area contributed by atoms with Crippen LogP contribution in [-0.4, -0.2) is 62.2 Å². The number of rotatable bonds is 12. The summed E-state index contributed by atoms with van der Waals surface area (Å²) in [5.74, 6) is -3.41. The molecule has 12 heteroatoms. The van der Waals surface area contributed by atoms with Crippen LogP contribution in [0.3, 0.4) is 0 Å². The summed E-state index contributed by atoms with van der Waals surface area (Å²) in [6.07, 6.45) is 0. The third-order valence-corrected chi connectivity index (χ3v) is 4.66. The Kier molecular flexibility index (Phi) is 25.4. The number of esters is 6. The van der Waals surface area contributed by atoms with Gasteiger partial charge in [0.25, 0.3) is 0 Å². The van der Waals surface area contributed by atoms with Crippen LogP contribution in [0.5, 0.6) is 0 Å². The van der Waals surface area contributed by atoms with Crippen molar-refractivity contribution in [3.63, 3.8) is 0 Å². The van der Waals surface area contributed by atoms with Gasteiger partial charge in [-0.3, -0.25) is 9.59 Å². The molecule has 0 spiro atoms. The Morgan fingerprint density at radius 3 is 1.00 bits per heavy atom. The highest BCUT2D eigenvalue weighted by atomic mass is 16.6. The average Bonchev–Trinajstić information content (AvgIpc) is 3.04. The van der Waals surface area contributed by atoms with E-state index in [1.165, 1.54) is 13.8 Å². The third-order valence-electron chi connectivity index (χ3n) is 4.66. The Labute approximate surface area is 270 Å². The van der Waals surface area contributed by atoms with Crippen molar-refractivity contribution in [2.45, 2.75) is 54.8 Å². The van der Waals surface area contributed by atoms with Crippen LogP contribution in [0, 0.1) is 0 Å². The first kappa shape index (κ1) is 42.9. The lowest BCUT2D eigenvalue weighted by Crippen LogP contribution is -2.17. The van der Waals surface area contributed by atoms with E-state index in [4.69, 9.17) is 9.47 Å². The zero-order valence-corrected chi connectivity index (χ0v) is 27.3. The monoisotopic (exact) mass is 644 g/mol. The fourth-order valence-corrected chi connectivity index (χ4v) is 2.59. The Morgan fingerprint density at radius 1 is 0.457 bits per heavy atom. The van der Waals surface area contributed by atoms with E-state index in [1.807, 2.05) is 60.7 Å². The van der Waals surface area contributed by atoms with Crippen LogP contribution in [0.15, 0.2) is 85.0 Å². The van der Waals surface area contributed by atoms with Gasteiger partial charge in [-0.1, -0.05) is 73.8 Å². The van der Waals surface area contributed by atoms with Gasteiger partial charge in [0.2, 0.25) is 0 Å². The van der Waals surface area contributed by atoms with Gasteiger partial charge in [-0.2, -0.15) is 0 Å². The topological polar surface area (TPSA) is 158 Å². The van der Waals surface area contributed by atoms with Crippen LogP contribution in [0.25, 0.3) is 0 Å². The maximum absolute atomic E-state index is 11.4. The molecule has 0 aliphatic heterocycles. The van der Waals surface area contributed by atoms with Gasteiger partial charge in [0.1, 0.15) is 24.4 Å². The van der Waals surface area contributed by atoms with Crippen LogP contribution < -0.4 is 0 Å². The molecule has 0 bridgehead atoms. The molecule has 252 valence electrons. The summed E-state index contributed by atoms with van der Waals surface area (Å²) in [4.78, 5) is 64.5. The van der Waals surface area contributed by atoms with Crippen LogP contribution >= 0.6 is 0 Å². The number of hydrogen-bond acceptors (Lipinski definition) is 12. The molecule has 2 aromatic rings. The second-order valence-corrected chi connectivity index (χ2v) is 8.37. The normalized spacial score (nSPS) is 9.00. The molecule has 0 aliphatic carbocycles. The molecule has 0 aliphatic rings. The summed E-state index contributed by atoms with van der Waals surface area (Å²) in [5, 5.41) is 0. The van der Waals surface area contributed by atoms with Gasteiger partial charge in [0.05, 0.1) is 26.4 Å². The minimum atomic E-state index is -0.757. The van der Waals surface area contributed by atoms with E-state index in [0.717, 1.165) is 11.1 Å². The Bertz CT molecular complexity index is 1220. The zero-order chi connectivity index (χ0) is 35.3. The lowest BCUT2D eigenvalue weighted by Gasteiger charge is -2.06. The molecule has 46 heavy (non-hydrogen) atoms. The second kappa shape index (κ2) is 27.3. The van der Waals surface area contributed by atoms with Crippen LogP contribution in [0.2, 0.25) is 0 Å². The molecule has 0 fully saturated rings. The molecule has 0 saturated heterocycles. The predicted molar refractivity (Wildman–Crippen MR) is 169 cm³/mol. The highest BCUT2D eigenvalue weighted by Gasteiger charge is 2.18. The first-order valence-electron chi connectivity index (χ1n) is 14.2. The molecular weight excluding hydrogens is 600 g/mol. The lowest BCUT2D eigenvalue weighted by atomic mass is 10.2. The standard InChI is InChI=1S/C13H14O4.C9H10O2.C8H12O4.C4H8O2/c1-3-16-12(14)10(2)13(15)17-9-11-7-5-4-6-8-11;1-8(10)11-7-9-5-3-2-4-6-9;1-4-11-7(9)6(3)8(10)12-5-2;1-3-6-4(2)5/h4-8H,2-3,9H2,1H3;2-6H,7H2,1H3;3-5H2,1-2H3;3H2,1-2H3. The number of benzene rings is 2. The SMILES string of the molecule is C=C(C(=O)OCC)C(=O)OCC.C=C(C(=O)OCC)C(=O)OCc1ccccc1.CC(=O)OCc1ccccc1.CCOC(C)=O. The maximum Gasteiger partial charge on any atom is 0.345 e. The van der Waals surface area contributed by atoms with Crippen molar-refractivity contribution < 1.29 is 57.2 Å². The maximum atomic E-state index is 11.4. The molecule has 12 nitrogen and oxygen atoms in total. The number of ether oxygens (including phenoxy) is 6. The summed E-state index contributed by atoms with van der Waals surface area (Å²) in [7, 11) is 0. The van der Waals surface area contributed by atoms with Crippen molar-refractivity contribution in [1.82, 2.24) is 0 Å². The summed E-state index contributed by atoms with van der Waals surface area (Å²) in [6.45, 7) is 17.7. The molecule has 2 aromatic carbocycles. The van der Waals surface area contributed by atoms with Crippen LogP contribution in [0.1, 0.15) is 52.7 Å². The van der Waals surface area contributed by atoms with Gasteiger partial charge in [-0.25, -0.2) is 19.2 Å². The second-order valence-electron chi connectivity index (χ2n) is 8.37. The average molecular weight is 645 g/mol. The van der Waals surface area contributed by atoms with Crippen molar-refractivity contribution >= 4 is 35.8 Å². The van der Waals surface area contributed by atoms with E-state index in [0.29, 0.717) is 13.2 Å². The molecule has 0 aromatic heterocycles. The molecular formula is C34H44O12. The number of hydrogen-bond donors (Lipinski definition) is 0.